The molecule has 0 amide bonds. The minimum absolute atomic E-state index is 0.0411. The Hall–Kier alpha value is -0.0900. The van der Waals surface area contributed by atoms with Gasteiger partial charge in [-0.2, -0.15) is 0 Å². The minimum atomic E-state index is -2.74. The van der Waals surface area contributed by atoms with Gasteiger partial charge in [-0.3, -0.25) is 0 Å². The van der Waals surface area contributed by atoms with Crippen LogP contribution in [0.2, 0.25) is 0 Å². The first kappa shape index (κ1) is 12.4. The summed E-state index contributed by atoms with van der Waals surface area (Å²) in [5, 5.41) is -0.0411. The van der Waals surface area contributed by atoms with Crippen LogP contribution in [0, 0.1) is 0 Å². The number of hydrogen-bond acceptors (Lipinski definition) is 2. The third kappa shape index (κ3) is 2.02. The summed E-state index contributed by atoms with van der Waals surface area (Å²) in [5.41, 5.74) is 0. The fraction of sp³-hybridized carbons (Fsp3) is 1.00. The summed E-state index contributed by atoms with van der Waals surface area (Å²) < 4.78 is 24.6. The Bertz CT molecular complexity index is 344. The van der Waals surface area contributed by atoms with Crippen LogP contribution in [0.3, 0.4) is 0 Å². The summed E-state index contributed by atoms with van der Waals surface area (Å²) in [6, 6.07) is 0.394. The zero-order valence-corrected chi connectivity index (χ0v) is 11.3. The maximum atomic E-state index is 11.8. The molecule has 0 unspecified atom stereocenters. The van der Waals surface area contributed by atoms with Gasteiger partial charge in [0.1, 0.15) is 17.0 Å². The normalized spacial score (nSPS) is 36.6. The van der Waals surface area contributed by atoms with E-state index in [0.717, 1.165) is 17.3 Å². The molecule has 0 aliphatic carbocycles. The van der Waals surface area contributed by atoms with Gasteiger partial charge in [-0.25, -0.2) is 8.42 Å². The summed E-state index contributed by atoms with van der Waals surface area (Å²) in [7, 11) is -0.472. The molecule has 4 heteroatoms. The quantitative estimate of drug-likeness (QED) is 0.709. The molecule has 16 heavy (non-hydrogen) atoms. The number of hydrogen-bond donors (Lipinski definition) is 0. The molecule has 2 saturated heterocycles. The highest BCUT2D eigenvalue weighted by atomic mass is 32.2. The Morgan fingerprint density at radius 2 is 1.81 bits per heavy atom. The first-order chi connectivity index (χ1) is 7.49. The molecule has 2 fully saturated rings. The molecule has 0 aromatic heterocycles. The van der Waals surface area contributed by atoms with Crippen molar-refractivity contribution in [1.82, 2.24) is 0 Å². The van der Waals surface area contributed by atoms with E-state index < -0.39 is 9.84 Å². The molecule has 2 aliphatic rings. The molecule has 3 nitrogen and oxygen atoms in total. The van der Waals surface area contributed by atoms with Crippen LogP contribution in [0.5, 0.6) is 0 Å². The molecule has 0 bridgehead atoms. The van der Waals surface area contributed by atoms with Crippen LogP contribution in [0.4, 0.5) is 0 Å². The molecule has 0 aromatic rings. The molecule has 0 saturated carbocycles. The number of piperidine rings is 1. The van der Waals surface area contributed by atoms with E-state index >= 15 is 0 Å². The molecule has 0 radical (unpaired) electrons. The van der Waals surface area contributed by atoms with Gasteiger partial charge in [-0.1, -0.05) is 13.3 Å². The van der Waals surface area contributed by atoms with E-state index in [9.17, 15) is 8.42 Å². The SMILES string of the molecule is CCC[C@H]1[C@H]([N+]2(C)CCCCC2)CS1(=O)=O. The summed E-state index contributed by atoms with van der Waals surface area (Å²) in [6.07, 6.45) is 5.71. The predicted molar refractivity (Wildman–Crippen MR) is 66.0 cm³/mol. The van der Waals surface area contributed by atoms with Crippen molar-refractivity contribution >= 4 is 9.84 Å². The second-order valence-electron chi connectivity index (χ2n) is 5.71. The smallest absolute Gasteiger partial charge is 0.164 e. The number of nitrogens with zero attached hydrogens (tertiary/aromatic N) is 1. The van der Waals surface area contributed by atoms with Gasteiger partial charge in [-0.05, 0) is 25.7 Å². The zero-order chi connectivity index (χ0) is 11.8. The Balaban J connectivity index is 2.10. The van der Waals surface area contributed by atoms with Gasteiger partial charge >= 0.3 is 0 Å². The molecule has 94 valence electrons. The van der Waals surface area contributed by atoms with E-state index in [4.69, 9.17) is 0 Å². The topological polar surface area (TPSA) is 34.1 Å². The number of sulfone groups is 1. The Kier molecular flexibility index (Phi) is 3.32. The molecule has 0 N–H and O–H groups in total. The molecule has 2 aliphatic heterocycles. The van der Waals surface area contributed by atoms with Crippen molar-refractivity contribution in [2.24, 2.45) is 0 Å². The molecule has 2 heterocycles. The third-order valence-corrected chi connectivity index (χ3v) is 6.78. The van der Waals surface area contributed by atoms with Crippen molar-refractivity contribution < 1.29 is 12.9 Å². The van der Waals surface area contributed by atoms with Gasteiger partial charge in [-0.15, -0.1) is 0 Å². The van der Waals surface area contributed by atoms with Crippen LogP contribution in [0.15, 0.2) is 0 Å². The van der Waals surface area contributed by atoms with Crippen molar-refractivity contribution in [2.45, 2.75) is 50.3 Å². The van der Waals surface area contributed by atoms with Crippen molar-refractivity contribution in [1.29, 1.82) is 0 Å². The average Bonchev–Trinajstić information content (AvgIpc) is 2.24. The average molecular weight is 246 g/mol. The number of likely N-dealkylation sites (tertiary alicyclic amines) is 1. The summed E-state index contributed by atoms with van der Waals surface area (Å²) >= 11 is 0. The first-order valence-corrected chi connectivity index (χ1v) is 8.27. The Morgan fingerprint density at radius 3 is 2.31 bits per heavy atom. The fourth-order valence-corrected chi connectivity index (χ4v) is 5.81. The minimum Gasteiger partial charge on any atom is -0.322 e. The Morgan fingerprint density at radius 1 is 1.19 bits per heavy atom. The lowest BCUT2D eigenvalue weighted by Crippen LogP contribution is -2.69. The van der Waals surface area contributed by atoms with Crippen LogP contribution in [0.1, 0.15) is 39.0 Å². The maximum Gasteiger partial charge on any atom is 0.164 e. The van der Waals surface area contributed by atoms with Gasteiger partial charge < -0.3 is 4.48 Å². The van der Waals surface area contributed by atoms with E-state index in [1.165, 1.54) is 32.4 Å². The highest BCUT2D eigenvalue weighted by Gasteiger charge is 2.55. The van der Waals surface area contributed by atoms with Gasteiger partial charge in [0.2, 0.25) is 0 Å². The molecule has 0 spiro atoms. The van der Waals surface area contributed by atoms with Gasteiger partial charge in [0, 0.05) is 0 Å². The van der Waals surface area contributed by atoms with Gasteiger partial charge in [0.25, 0.3) is 0 Å². The Labute approximate surface area is 99.3 Å². The zero-order valence-electron chi connectivity index (χ0n) is 10.5. The van der Waals surface area contributed by atoms with Crippen LogP contribution >= 0.6 is 0 Å². The second kappa shape index (κ2) is 4.30. The third-order valence-electron chi connectivity index (χ3n) is 4.51. The number of rotatable bonds is 3. The van der Waals surface area contributed by atoms with E-state index in [1.807, 2.05) is 0 Å². The van der Waals surface area contributed by atoms with E-state index in [-0.39, 0.29) is 5.25 Å². The number of quaternary nitrogens is 1. The van der Waals surface area contributed by atoms with Crippen molar-refractivity contribution in [3.8, 4) is 0 Å². The maximum absolute atomic E-state index is 11.8. The van der Waals surface area contributed by atoms with E-state index in [2.05, 4.69) is 14.0 Å². The van der Waals surface area contributed by atoms with Crippen molar-refractivity contribution in [2.75, 3.05) is 25.9 Å². The fourth-order valence-electron chi connectivity index (χ4n) is 3.39. The van der Waals surface area contributed by atoms with E-state index in [1.54, 1.807) is 0 Å². The van der Waals surface area contributed by atoms with Crippen LogP contribution in [-0.2, 0) is 9.84 Å². The monoisotopic (exact) mass is 246 g/mol. The standard InChI is InChI=1S/C12H24NO2S/c1-3-7-12-11(10-16(12,14)15)13(2)8-5-4-6-9-13/h11-12H,3-10H2,1-2H3/q+1/t11-,12+/m1/s1. The molecular weight excluding hydrogens is 222 g/mol. The van der Waals surface area contributed by atoms with Crippen molar-refractivity contribution in [3.63, 3.8) is 0 Å². The summed E-state index contributed by atoms with van der Waals surface area (Å²) in [4.78, 5) is 0. The van der Waals surface area contributed by atoms with Crippen molar-refractivity contribution in [3.05, 3.63) is 0 Å². The lowest BCUT2D eigenvalue weighted by Gasteiger charge is -2.51. The van der Waals surface area contributed by atoms with Crippen LogP contribution in [-0.4, -0.2) is 50.1 Å². The van der Waals surface area contributed by atoms with Gasteiger partial charge in [0.05, 0.1) is 20.1 Å². The lowest BCUT2D eigenvalue weighted by atomic mass is 10.0. The molecular formula is C12H24NO2S+. The highest BCUT2D eigenvalue weighted by molar-refractivity contribution is 7.93. The lowest BCUT2D eigenvalue weighted by molar-refractivity contribution is -0.936. The van der Waals surface area contributed by atoms with Crippen LogP contribution < -0.4 is 0 Å². The largest absolute Gasteiger partial charge is 0.322 e. The summed E-state index contributed by atoms with van der Waals surface area (Å²) in [5.74, 6) is 0.439. The summed E-state index contributed by atoms with van der Waals surface area (Å²) in [6.45, 7) is 4.45. The molecule has 0 aromatic carbocycles. The molecule has 2 rings (SSSR count). The van der Waals surface area contributed by atoms with Gasteiger partial charge in [0.15, 0.2) is 9.84 Å². The van der Waals surface area contributed by atoms with Crippen LogP contribution in [0.25, 0.3) is 0 Å². The molecule has 2 atom stereocenters. The predicted octanol–water partition coefficient (Wildman–Crippen LogP) is 1.58. The highest BCUT2D eigenvalue weighted by Crippen LogP contribution is 2.35. The second-order valence-corrected chi connectivity index (χ2v) is 7.98. The van der Waals surface area contributed by atoms with E-state index in [0.29, 0.717) is 11.8 Å². The first-order valence-electron chi connectivity index (χ1n) is 6.55.